The van der Waals surface area contributed by atoms with E-state index >= 15 is 0 Å². The molecular formula is C10H16O. The molecule has 2 aliphatic carbocycles. The molecule has 2 saturated carbocycles. The van der Waals surface area contributed by atoms with Gasteiger partial charge in [0.05, 0.1) is 0 Å². The van der Waals surface area contributed by atoms with E-state index in [0.717, 1.165) is 12.8 Å². The normalized spacial score (nSPS) is 32.4. The molecule has 0 unspecified atom stereocenters. The standard InChI is InChI=1S/C10H16O/c1-9(2)3-4-10(7-9)5-8(11)6-10/h3-7H2,1-2H3. The molecule has 2 fully saturated rings. The van der Waals surface area contributed by atoms with Gasteiger partial charge in [-0.1, -0.05) is 13.8 Å². The summed E-state index contributed by atoms with van der Waals surface area (Å²) in [4.78, 5) is 10.9. The van der Waals surface area contributed by atoms with E-state index in [1.54, 1.807) is 0 Å². The Morgan fingerprint density at radius 2 is 1.82 bits per heavy atom. The summed E-state index contributed by atoms with van der Waals surface area (Å²) >= 11 is 0. The maximum absolute atomic E-state index is 10.9. The van der Waals surface area contributed by atoms with E-state index < -0.39 is 0 Å². The second kappa shape index (κ2) is 1.88. The Morgan fingerprint density at radius 3 is 2.18 bits per heavy atom. The summed E-state index contributed by atoms with van der Waals surface area (Å²) in [6.45, 7) is 4.65. The Hall–Kier alpha value is -0.330. The van der Waals surface area contributed by atoms with E-state index in [1.807, 2.05) is 0 Å². The number of Topliss-reactive ketones (excluding diaryl/α,β-unsaturated/α-hetero) is 1. The van der Waals surface area contributed by atoms with Crippen LogP contribution < -0.4 is 0 Å². The summed E-state index contributed by atoms with van der Waals surface area (Å²) < 4.78 is 0. The maximum Gasteiger partial charge on any atom is 0.134 e. The summed E-state index contributed by atoms with van der Waals surface area (Å²) in [6.07, 6.45) is 5.67. The van der Waals surface area contributed by atoms with Crippen molar-refractivity contribution in [2.75, 3.05) is 0 Å². The van der Waals surface area contributed by atoms with Crippen molar-refractivity contribution in [3.8, 4) is 0 Å². The highest BCUT2D eigenvalue weighted by atomic mass is 16.1. The van der Waals surface area contributed by atoms with Gasteiger partial charge in [0.15, 0.2) is 0 Å². The molecule has 0 bridgehead atoms. The molecule has 0 aromatic carbocycles. The van der Waals surface area contributed by atoms with Gasteiger partial charge in [-0.05, 0) is 30.1 Å². The topological polar surface area (TPSA) is 17.1 Å². The SMILES string of the molecule is CC1(C)CCC2(CC(=O)C2)C1. The third-order valence-corrected chi connectivity index (χ3v) is 3.33. The molecule has 62 valence electrons. The molecule has 2 aliphatic rings. The van der Waals surface area contributed by atoms with Crippen LogP contribution in [0.1, 0.15) is 46.0 Å². The summed E-state index contributed by atoms with van der Waals surface area (Å²) in [5.74, 6) is 0.489. The molecular weight excluding hydrogens is 136 g/mol. The smallest absolute Gasteiger partial charge is 0.134 e. The molecule has 0 saturated heterocycles. The maximum atomic E-state index is 10.9. The molecule has 11 heavy (non-hydrogen) atoms. The van der Waals surface area contributed by atoms with E-state index in [0.29, 0.717) is 16.6 Å². The molecule has 0 aromatic rings. The lowest BCUT2D eigenvalue weighted by molar-refractivity contribution is -0.132. The lowest BCUT2D eigenvalue weighted by Crippen LogP contribution is -2.35. The van der Waals surface area contributed by atoms with E-state index in [2.05, 4.69) is 13.8 Å². The largest absolute Gasteiger partial charge is 0.300 e. The van der Waals surface area contributed by atoms with Crippen LogP contribution in [-0.4, -0.2) is 5.78 Å². The van der Waals surface area contributed by atoms with Gasteiger partial charge in [0.2, 0.25) is 0 Å². The second-order valence-corrected chi connectivity index (χ2v) is 5.23. The van der Waals surface area contributed by atoms with E-state index in [9.17, 15) is 4.79 Å². The second-order valence-electron chi connectivity index (χ2n) is 5.23. The van der Waals surface area contributed by atoms with Gasteiger partial charge in [-0.15, -0.1) is 0 Å². The number of carbonyl (C=O) groups excluding carboxylic acids is 1. The van der Waals surface area contributed by atoms with Gasteiger partial charge in [-0.25, -0.2) is 0 Å². The number of hydrogen-bond donors (Lipinski definition) is 0. The average molecular weight is 152 g/mol. The third kappa shape index (κ3) is 1.11. The third-order valence-electron chi connectivity index (χ3n) is 3.33. The first-order valence-corrected chi connectivity index (χ1v) is 4.53. The first-order chi connectivity index (χ1) is 5.02. The quantitative estimate of drug-likeness (QED) is 0.521. The summed E-state index contributed by atoms with van der Waals surface area (Å²) in [5, 5.41) is 0. The van der Waals surface area contributed by atoms with Crippen LogP contribution in [0.15, 0.2) is 0 Å². The van der Waals surface area contributed by atoms with Gasteiger partial charge in [0.1, 0.15) is 5.78 Å². The summed E-state index contributed by atoms with van der Waals surface area (Å²) in [5.41, 5.74) is 0.987. The van der Waals surface area contributed by atoms with Crippen LogP contribution in [0.4, 0.5) is 0 Å². The zero-order chi connectivity index (χ0) is 8.11. The first-order valence-electron chi connectivity index (χ1n) is 4.53. The Labute approximate surface area is 68.2 Å². The molecule has 1 nitrogen and oxygen atoms in total. The fourth-order valence-electron chi connectivity index (χ4n) is 2.88. The number of carbonyl (C=O) groups is 1. The predicted octanol–water partition coefficient (Wildman–Crippen LogP) is 2.55. The molecule has 0 radical (unpaired) electrons. The van der Waals surface area contributed by atoms with Gasteiger partial charge in [0, 0.05) is 12.8 Å². The van der Waals surface area contributed by atoms with Crippen LogP contribution in [0.25, 0.3) is 0 Å². The minimum absolute atomic E-state index is 0.473. The van der Waals surface area contributed by atoms with Gasteiger partial charge in [-0.3, -0.25) is 4.79 Å². The van der Waals surface area contributed by atoms with Gasteiger partial charge in [0.25, 0.3) is 0 Å². The highest BCUT2D eigenvalue weighted by Gasteiger charge is 2.50. The molecule has 0 aliphatic heterocycles. The fourth-order valence-corrected chi connectivity index (χ4v) is 2.88. The van der Waals surface area contributed by atoms with Gasteiger partial charge in [-0.2, -0.15) is 0 Å². The van der Waals surface area contributed by atoms with Crippen molar-refractivity contribution in [1.82, 2.24) is 0 Å². The Balaban J connectivity index is 2.05. The lowest BCUT2D eigenvalue weighted by Gasteiger charge is -2.37. The molecule has 0 atom stereocenters. The van der Waals surface area contributed by atoms with E-state index in [-0.39, 0.29) is 0 Å². The molecule has 0 heterocycles. The number of ketones is 1. The Kier molecular flexibility index (Phi) is 1.25. The lowest BCUT2D eigenvalue weighted by atomic mass is 9.65. The fraction of sp³-hybridized carbons (Fsp3) is 0.900. The zero-order valence-electron chi connectivity index (χ0n) is 7.44. The van der Waals surface area contributed by atoms with Crippen LogP contribution >= 0.6 is 0 Å². The summed E-state index contributed by atoms with van der Waals surface area (Å²) in [7, 11) is 0. The molecule has 2 rings (SSSR count). The minimum atomic E-state index is 0.473. The predicted molar refractivity (Wildman–Crippen MR) is 44.3 cm³/mol. The molecule has 1 spiro atoms. The van der Waals surface area contributed by atoms with Crippen LogP contribution in [0.5, 0.6) is 0 Å². The average Bonchev–Trinajstić information content (AvgIpc) is 2.05. The van der Waals surface area contributed by atoms with Crippen molar-refractivity contribution in [2.24, 2.45) is 10.8 Å². The zero-order valence-corrected chi connectivity index (χ0v) is 7.44. The summed E-state index contributed by atoms with van der Waals surface area (Å²) in [6, 6.07) is 0. The first kappa shape index (κ1) is 7.33. The molecule has 0 aromatic heterocycles. The molecule has 1 heteroatoms. The highest BCUT2D eigenvalue weighted by Crippen LogP contribution is 2.57. The van der Waals surface area contributed by atoms with E-state index in [1.165, 1.54) is 19.3 Å². The minimum Gasteiger partial charge on any atom is -0.300 e. The number of rotatable bonds is 0. The van der Waals surface area contributed by atoms with Crippen molar-refractivity contribution in [2.45, 2.75) is 46.0 Å². The van der Waals surface area contributed by atoms with Crippen LogP contribution in [0.2, 0.25) is 0 Å². The molecule has 0 amide bonds. The Bertz CT molecular complexity index is 195. The van der Waals surface area contributed by atoms with Gasteiger partial charge < -0.3 is 0 Å². The van der Waals surface area contributed by atoms with Crippen molar-refractivity contribution < 1.29 is 4.79 Å². The van der Waals surface area contributed by atoms with Crippen LogP contribution in [0.3, 0.4) is 0 Å². The van der Waals surface area contributed by atoms with Crippen molar-refractivity contribution in [3.63, 3.8) is 0 Å². The number of hydrogen-bond acceptors (Lipinski definition) is 1. The Morgan fingerprint density at radius 1 is 1.18 bits per heavy atom. The molecule has 0 N–H and O–H groups in total. The highest BCUT2D eigenvalue weighted by molar-refractivity contribution is 5.86. The van der Waals surface area contributed by atoms with E-state index in [4.69, 9.17) is 0 Å². The van der Waals surface area contributed by atoms with Crippen molar-refractivity contribution >= 4 is 5.78 Å². The van der Waals surface area contributed by atoms with Crippen molar-refractivity contribution in [3.05, 3.63) is 0 Å². The monoisotopic (exact) mass is 152 g/mol. The van der Waals surface area contributed by atoms with Crippen molar-refractivity contribution in [1.29, 1.82) is 0 Å². The van der Waals surface area contributed by atoms with Crippen LogP contribution in [0, 0.1) is 10.8 Å². The van der Waals surface area contributed by atoms with Crippen LogP contribution in [-0.2, 0) is 4.79 Å². The van der Waals surface area contributed by atoms with Gasteiger partial charge >= 0.3 is 0 Å².